The summed E-state index contributed by atoms with van der Waals surface area (Å²) in [5.41, 5.74) is -0.928. The van der Waals surface area contributed by atoms with Gasteiger partial charge in [0, 0.05) is 12.5 Å². The molecule has 0 aliphatic rings. The van der Waals surface area contributed by atoms with Gasteiger partial charge in [0.1, 0.15) is 35.7 Å². The van der Waals surface area contributed by atoms with Crippen molar-refractivity contribution in [3.8, 4) is 11.5 Å². The van der Waals surface area contributed by atoms with Crippen LogP contribution < -0.4 is 25.4 Å². The maximum Gasteiger partial charge on any atom is 0.513 e. The van der Waals surface area contributed by atoms with Crippen molar-refractivity contribution in [3.63, 3.8) is 0 Å². The second-order valence-electron chi connectivity index (χ2n) is 9.16. The predicted molar refractivity (Wildman–Crippen MR) is 144 cm³/mol. The van der Waals surface area contributed by atoms with Crippen LogP contribution in [-0.4, -0.2) is 55.0 Å². The zero-order valence-corrected chi connectivity index (χ0v) is 23.5. The number of rotatable bonds is 12. The number of hydrogen-bond donors (Lipinski definition) is 3. The van der Waals surface area contributed by atoms with Crippen LogP contribution >= 0.6 is 0 Å². The fourth-order valence-corrected chi connectivity index (χ4v) is 3.52. The lowest BCUT2D eigenvalue weighted by molar-refractivity contribution is -0.138. The van der Waals surface area contributed by atoms with Crippen molar-refractivity contribution in [1.82, 2.24) is 10.6 Å². The molecule has 46 heavy (non-hydrogen) atoms. The smallest absolute Gasteiger partial charge is 0.479 e. The highest BCUT2D eigenvalue weighted by Gasteiger charge is 2.29. The number of hydrogen-bond acceptors (Lipinski definition) is 8. The van der Waals surface area contributed by atoms with E-state index in [0.29, 0.717) is 0 Å². The first-order valence-corrected chi connectivity index (χ1v) is 13.0. The molecule has 3 amide bonds. The van der Waals surface area contributed by atoms with E-state index in [9.17, 15) is 50.3 Å². The summed E-state index contributed by atoms with van der Waals surface area (Å²) in [6, 6.07) is 6.91. The number of amides is 3. The zero-order chi connectivity index (χ0) is 34.0. The van der Waals surface area contributed by atoms with Crippen molar-refractivity contribution in [2.24, 2.45) is 0 Å². The van der Waals surface area contributed by atoms with Crippen molar-refractivity contribution in [2.75, 3.05) is 18.5 Å². The van der Waals surface area contributed by atoms with Crippen LogP contribution in [0.2, 0.25) is 0 Å². The minimum absolute atomic E-state index is 0.0863. The number of anilines is 1. The van der Waals surface area contributed by atoms with Crippen molar-refractivity contribution < 1.29 is 64.5 Å². The van der Waals surface area contributed by atoms with Gasteiger partial charge in [-0.3, -0.25) is 19.2 Å². The molecule has 0 heterocycles. The third kappa shape index (κ3) is 9.44. The first-order valence-electron chi connectivity index (χ1n) is 13.0. The van der Waals surface area contributed by atoms with Gasteiger partial charge < -0.3 is 30.2 Å². The number of halogens is 6. The molecule has 0 saturated heterocycles. The normalized spacial score (nSPS) is 11.9. The molecule has 3 aromatic rings. The summed E-state index contributed by atoms with van der Waals surface area (Å²) in [4.78, 5) is 62.0. The Hall–Kier alpha value is -5.61. The van der Waals surface area contributed by atoms with Gasteiger partial charge in [-0.05, 0) is 31.2 Å². The molecular formula is C29H23F6N3O8. The molecule has 3 aromatic carbocycles. The SMILES string of the molecule is CC(NC(=O)C(=O)Nc1c(F)cccc1F)C(=O)NC(CCOC(=O)Oc1ccccc1)C(=O)COc1c(F)c(F)cc(F)c1F. The molecule has 0 aliphatic heterocycles. The quantitative estimate of drug-likeness (QED) is 0.0880. The van der Waals surface area contributed by atoms with Crippen LogP contribution in [0.5, 0.6) is 11.5 Å². The maximum absolute atomic E-state index is 14.0. The van der Waals surface area contributed by atoms with E-state index >= 15 is 0 Å². The minimum atomic E-state index is -1.94. The van der Waals surface area contributed by atoms with E-state index in [0.717, 1.165) is 25.1 Å². The number of benzene rings is 3. The summed E-state index contributed by atoms with van der Waals surface area (Å²) < 4.78 is 97.0. The second kappa shape index (κ2) is 15.9. The van der Waals surface area contributed by atoms with Crippen molar-refractivity contribution in [1.29, 1.82) is 0 Å². The Labute approximate surface area is 255 Å². The molecule has 0 aromatic heterocycles. The van der Waals surface area contributed by atoms with Crippen LogP contribution in [0, 0.1) is 34.9 Å². The Bertz CT molecular complexity index is 1580. The number of carbonyl (C=O) groups excluding carboxylic acids is 5. The maximum atomic E-state index is 14.0. The van der Waals surface area contributed by atoms with Gasteiger partial charge in [0.05, 0.1) is 12.6 Å². The Morgan fingerprint density at radius 1 is 0.761 bits per heavy atom. The third-order valence-electron chi connectivity index (χ3n) is 5.85. The van der Waals surface area contributed by atoms with Crippen LogP contribution in [-0.2, 0) is 23.9 Å². The van der Waals surface area contributed by atoms with Gasteiger partial charge in [-0.2, -0.15) is 8.78 Å². The largest absolute Gasteiger partial charge is 0.513 e. The predicted octanol–water partition coefficient (Wildman–Crippen LogP) is 3.70. The van der Waals surface area contributed by atoms with E-state index < -0.39 is 108 Å². The van der Waals surface area contributed by atoms with E-state index in [1.165, 1.54) is 12.1 Å². The number of nitrogens with one attached hydrogen (secondary N) is 3. The number of carbonyl (C=O) groups is 5. The number of para-hydroxylation sites is 2. The highest BCUT2D eigenvalue weighted by Crippen LogP contribution is 2.26. The second-order valence-corrected chi connectivity index (χ2v) is 9.16. The first kappa shape index (κ1) is 34.9. The lowest BCUT2D eigenvalue weighted by atomic mass is 10.1. The summed E-state index contributed by atoms with van der Waals surface area (Å²) in [6.45, 7) is -0.805. The van der Waals surface area contributed by atoms with Gasteiger partial charge in [-0.1, -0.05) is 24.3 Å². The van der Waals surface area contributed by atoms with E-state index in [2.05, 4.69) is 10.1 Å². The topological polar surface area (TPSA) is 149 Å². The van der Waals surface area contributed by atoms with Gasteiger partial charge in [0.2, 0.25) is 17.5 Å². The Balaban J connectivity index is 1.66. The van der Waals surface area contributed by atoms with Crippen LogP contribution in [0.4, 0.5) is 36.8 Å². The van der Waals surface area contributed by atoms with E-state index in [-0.39, 0.29) is 11.8 Å². The molecule has 11 nitrogen and oxygen atoms in total. The average molecular weight is 656 g/mol. The van der Waals surface area contributed by atoms with E-state index in [1.807, 2.05) is 5.32 Å². The van der Waals surface area contributed by atoms with Crippen LogP contribution in [0.25, 0.3) is 0 Å². The molecule has 0 saturated carbocycles. The highest BCUT2D eigenvalue weighted by molar-refractivity contribution is 6.40. The fourth-order valence-electron chi connectivity index (χ4n) is 3.52. The number of Topliss-reactive ketones (excluding diaryl/α,β-unsaturated/α-hetero) is 1. The van der Waals surface area contributed by atoms with Gasteiger partial charge in [0.25, 0.3) is 0 Å². The van der Waals surface area contributed by atoms with E-state index in [1.54, 1.807) is 23.5 Å². The lowest BCUT2D eigenvalue weighted by Crippen LogP contribution is -2.53. The standard InChI is InChI=1S/C29H23F6N3O8/c1-14(36-27(41)28(42)38-24-16(30)8-5-9-17(24)31)26(40)37-20(10-11-44-29(43)46-15-6-3-2-4-7-15)21(39)13-45-25-22(34)18(32)12-19(33)23(25)35/h2-9,12,14,20H,10-11,13H2,1H3,(H,36,41)(H,37,40)(H,38,42). The molecule has 244 valence electrons. The minimum Gasteiger partial charge on any atom is -0.479 e. The molecule has 0 aliphatic carbocycles. The van der Waals surface area contributed by atoms with Crippen LogP contribution in [0.15, 0.2) is 54.6 Å². The fraction of sp³-hybridized carbons (Fsp3) is 0.207. The summed E-state index contributed by atoms with van der Waals surface area (Å²) in [6.07, 6.45) is -1.73. The van der Waals surface area contributed by atoms with Crippen molar-refractivity contribution >= 4 is 35.3 Å². The molecular weight excluding hydrogens is 632 g/mol. The Morgan fingerprint density at radius 2 is 1.37 bits per heavy atom. The molecule has 0 bridgehead atoms. The number of ketones is 1. The summed E-state index contributed by atoms with van der Waals surface area (Å²) in [5.74, 6) is -16.7. The van der Waals surface area contributed by atoms with Crippen molar-refractivity contribution in [3.05, 3.63) is 89.5 Å². The molecule has 3 N–H and O–H groups in total. The molecule has 2 atom stereocenters. The third-order valence-corrected chi connectivity index (χ3v) is 5.85. The Kier molecular flexibility index (Phi) is 12.1. The summed E-state index contributed by atoms with van der Waals surface area (Å²) in [7, 11) is 0. The van der Waals surface area contributed by atoms with E-state index in [4.69, 9.17) is 9.47 Å². The monoisotopic (exact) mass is 655 g/mol. The number of ether oxygens (including phenoxy) is 3. The van der Waals surface area contributed by atoms with Crippen LogP contribution in [0.3, 0.4) is 0 Å². The molecule has 3 rings (SSSR count). The van der Waals surface area contributed by atoms with Gasteiger partial charge in [-0.25, -0.2) is 22.4 Å². The lowest BCUT2D eigenvalue weighted by Gasteiger charge is -2.21. The van der Waals surface area contributed by atoms with Gasteiger partial charge in [-0.15, -0.1) is 0 Å². The summed E-state index contributed by atoms with van der Waals surface area (Å²) >= 11 is 0. The molecule has 0 radical (unpaired) electrons. The van der Waals surface area contributed by atoms with Crippen molar-refractivity contribution in [2.45, 2.75) is 25.4 Å². The zero-order valence-electron chi connectivity index (χ0n) is 23.5. The first-order chi connectivity index (χ1) is 21.8. The molecule has 0 spiro atoms. The van der Waals surface area contributed by atoms with Gasteiger partial charge in [0.15, 0.2) is 23.2 Å². The highest BCUT2D eigenvalue weighted by atomic mass is 19.2. The Morgan fingerprint density at radius 3 is 1.98 bits per heavy atom. The molecule has 17 heteroatoms. The van der Waals surface area contributed by atoms with Crippen LogP contribution in [0.1, 0.15) is 13.3 Å². The van der Waals surface area contributed by atoms with Gasteiger partial charge >= 0.3 is 18.0 Å². The summed E-state index contributed by atoms with van der Waals surface area (Å²) in [5, 5.41) is 5.78. The molecule has 0 fully saturated rings. The average Bonchev–Trinajstić information content (AvgIpc) is 3.01. The molecule has 2 unspecified atom stereocenters.